The molecule has 2 saturated heterocycles. The number of hydrogen-bond donors (Lipinski definition) is 1. The van der Waals surface area contributed by atoms with Gasteiger partial charge in [0, 0.05) is 23.2 Å². The highest BCUT2D eigenvalue weighted by molar-refractivity contribution is 6.04. The van der Waals surface area contributed by atoms with Gasteiger partial charge in [0.25, 0.3) is 5.91 Å². The Bertz CT molecular complexity index is 893. The zero-order valence-electron chi connectivity index (χ0n) is 18.0. The van der Waals surface area contributed by atoms with E-state index in [1.54, 1.807) is 55.6 Å². The van der Waals surface area contributed by atoms with E-state index in [0.29, 0.717) is 41.1 Å². The van der Waals surface area contributed by atoms with Gasteiger partial charge in [0.1, 0.15) is 5.75 Å². The molecule has 0 aromatic heterocycles. The minimum atomic E-state index is -0.305. The molecular weight excluding hydrogens is 392 g/mol. The SMILES string of the molecule is COc1ccc(C(=O)Nc2ccc(C(=O)OC[C@H]3CCCN4CCCC[C@H]34)cc2)cc1. The van der Waals surface area contributed by atoms with Crippen LogP contribution in [-0.4, -0.2) is 49.6 Å². The summed E-state index contributed by atoms with van der Waals surface area (Å²) in [5.74, 6) is 0.609. The van der Waals surface area contributed by atoms with Gasteiger partial charge in [-0.05, 0) is 87.3 Å². The summed E-state index contributed by atoms with van der Waals surface area (Å²) in [6.07, 6.45) is 6.08. The van der Waals surface area contributed by atoms with E-state index in [9.17, 15) is 9.59 Å². The number of rotatable bonds is 6. The number of anilines is 1. The van der Waals surface area contributed by atoms with Crippen molar-refractivity contribution in [3.05, 3.63) is 59.7 Å². The highest BCUT2D eigenvalue weighted by Crippen LogP contribution is 2.31. The molecule has 2 aliphatic heterocycles. The standard InChI is InChI=1S/C25H30N2O4/c1-30-22-13-9-18(10-14-22)24(28)26-21-11-7-19(8-12-21)25(29)31-17-20-5-4-16-27-15-3-2-6-23(20)27/h7-14,20,23H,2-6,15-17H2,1H3,(H,26,28)/t20-,23-/m1/s1. The Hall–Kier alpha value is -2.86. The Kier molecular flexibility index (Phi) is 6.87. The van der Waals surface area contributed by atoms with Crippen LogP contribution in [0.1, 0.15) is 52.8 Å². The lowest BCUT2D eigenvalue weighted by molar-refractivity contribution is 0.00739. The number of carbonyl (C=O) groups excluding carboxylic acids is 2. The van der Waals surface area contributed by atoms with Gasteiger partial charge >= 0.3 is 5.97 Å². The van der Waals surface area contributed by atoms with Gasteiger partial charge in [0.15, 0.2) is 0 Å². The van der Waals surface area contributed by atoms with E-state index >= 15 is 0 Å². The van der Waals surface area contributed by atoms with Crippen molar-refractivity contribution in [1.29, 1.82) is 0 Å². The molecule has 0 radical (unpaired) electrons. The largest absolute Gasteiger partial charge is 0.497 e. The maximum Gasteiger partial charge on any atom is 0.338 e. The first-order valence-corrected chi connectivity index (χ1v) is 11.1. The van der Waals surface area contributed by atoms with E-state index < -0.39 is 0 Å². The zero-order chi connectivity index (χ0) is 21.6. The molecule has 6 nitrogen and oxygen atoms in total. The quantitative estimate of drug-likeness (QED) is 0.700. The minimum Gasteiger partial charge on any atom is -0.497 e. The maximum absolute atomic E-state index is 12.5. The van der Waals surface area contributed by atoms with Crippen LogP contribution in [0.4, 0.5) is 5.69 Å². The monoisotopic (exact) mass is 422 g/mol. The number of nitrogens with one attached hydrogen (secondary N) is 1. The highest BCUT2D eigenvalue weighted by Gasteiger charge is 2.33. The molecule has 2 aliphatic rings. The molecule has 0 aliphatic carbocycles. The third-order valence-electron chi connectivity index (χ3n) is 6.39. The van der Waals surface area contributed by atoms with Gasteiger partial charge in [-0.3, -0.25) is 9.69 Å². The third-order valence-corrected chi connectivity index (χ3v) is 6.39. The van der Waals surface area contributed by atoms with E-state index in [0.717, 1.165) is 6.42 Å². The van der Waals surface area contributed by atoms with E-state index in [4.69, 9.17) is 9.47 Å². The van der Waals surface area contributed by atoms with E-state index in [-0.39, 0.29) is 11.9 Å². The molecule has 164 valence electrons. The smallest absolute Gasteiger partial charge is 0.338 e. The highest BCUT2D eigenvalue weighted by atomic mass is 16.5. The lowest BCUT2D eigenvalue weighted by atomic mass is 9.84. The molecule has 2 heterocycles. The summed E-state index contributed by atoms with van der Waals surface area (Å²) < 4.78 is 10.8. The molecule has 31 heavy (non-hydrogen) atoms. The van der Waals surface area contributed by atoms with Crippen molar-refractivity contribution in [2.45, 2.75) is 38.1 Å². The van der Waals surface area contributed by atoms with Crippen LogP contribution in [0.15, 0.2) is 48.5 Å². The summed E-state index contributed by atoms with van der Waals surface area (Å²) in [5.41, 5.74) is 1.66. The second kappa shape index (κ2) is 9.96. The van der Waals surface area contributed by atoms with Crippen molar-refractivity contribution in [1.82, 2.24) is 4.90 Å². The van der Waals surface area contributed by atoms with Crippen LogP contribution in [0.5, 0.6) is 5.75 Å². The fourth-order valence-electron chi connectivity index (χ4n) is 4.67. The predicted octanol–water partition coefficient (Wildman–Crippen LogP) is 4.37. The number of nitrogens with zero attached hydrogens (tertiary/aromatic N) is 1. The first kappa shape index (κ1) is 21.4. The summed E-state index contributed by atoms with van der Waals surface area (Å²) in [6, 6.07) is 14.3. The number of esters is 1. The first-order chi connectivity index (χ1) is 15.1. The summed E-state index contributed by atoms with van der Waals surface area (Å²) in [5, 5.41) is 2.84. The van der Waals surface area contributed by atoms with Crippen LogP contribution < -0.4 is 10.1 Å². The summed E-state index contributed by atoms with van der Waals surface area (Å²) in [6.45, 7) is 2.84. The molecule has 0 unspecified atom stereocenters. The number of methoxy groups -OCH3 is 1. The number of hydrogen-bond acceptors (Lipinski definition) is 5. The predicted molar refractivity (Wildman–Crippen MR) is 120 cm³/mol. The molecule has 6 heteroatoms. The number of fused-ring (bicyclic) bond motifs is 1. The van der Waals surface area contributed by atoms with Gasteiger partial charge in [-0.2, -0.15) is 0 Å². The van der Waals surface area contributed by atoms with Crippen LogP contribution in [0.25, 0.3) is 0 Å². The fraction of sp³-hybridized carbons (Fsp3) is 0.440. The molecule has 0 bridgehead atoms. The van der Waals surface area contributed by atoms with Gasteiger partial charge in [-0.1, -0.05) is 6.42 Å². The van der Waals surface area contributed by atoms with Crippen LogP contribution in [0.3, 0.4) is 0 Å². The van der Waals surface area contributed by atoms with Crippen molar-refractivity contribution >= 4 is 17.6 Å². The summed E-state index contributed by atoms with van der Waals surface area (Å²) in [7, 11) is 1.58. The lowest BCUT2D eigenvalue weighted by Gasteiger charge is -2.44. The molecule has 2 atom stereocenters. The van der Waals surface area contributed by atoms with E-state index in [1.807, 2.05) is 0 Å². The average Bonchev–Trinajstić information content (AvgIpc) is 2.83. The molecule has 0 saturated carbocycles. The normalized spacial score (nSPS) is 21.1. The van der Waals surface area contributed by atoms with E-state index in [1.165, 1.54) is 38.8 Å². The van der Waals surface area contributed by atoms with Crippen molar-refractivity contribution in [2.24, 2.45) is 5.92 Å². The van der Waals surface area contributed by atoms with Crippen molar-refractivity contribution in [3.63, 3.8) is 0 Å². The van der Waals surface area contributed by atoms with Gasteiger partial charge < -0.3 is 14.8 Å². The summed E-state index contributed by atoms with van der Waals surface area (Å²) in [4.78, 5) is 27.5. The van der Waals surface area contributed by atoms with E-state index in [2.05, 4.69) is 10.2 Å². The minimum absolute atomic E-state index is 0.215. The molecule has 2 aromatic carbocycles. The third kappa shape index (κ3) is 5.25. The second-order valence-corrected chi connectivity index (χ2v) is 8.36. The number of piperidine rings is 2. The Morgan fingerprint density at radius 2 is 1.65 bits per heavy atom. The van der Waals surface area contributed by atoms with Crippen molar-refractivity contribution < 1.29 is 19.1 Å². The Labute approximate surface area is 183 Å². The number of carbonyl (C=O) groups is 2. The molecule has 0 spiro atoms. The first-order valence-electron chi connectivity index (χ1n) is 11.1. The van der Waals surface area contributed by atoms with Crippen molar-refractivity contribution in [3.8, 4) is 5.75 Å². The van der Waals surface area contributed by atoms with Gasteiger partial charge in [-0.25, -0.2) is 4.79 Å². The fourth-order valence-corrected chi connectivity index (χ4v) is 4.67. The Balaban J connectivity index is 1.30. The second-order valence-electron chi connectivity index (χ2n) is 8.36. The molecule has 1 N–H and O–H groups in total. The molecule has 2 fully saturated rings. The number of ether oxygens (including phenoxy) is 2. The van der Waals surface area contributed by atoms with Crippen LogP contribution in [-0.2, 0) is 4.74 Å². The zero-order valence-corrected chi connectivity index (χ0v) is 18.0. The Morgan fingerprint density at radius 3 is 2.39 bits per heavy atom. The topological polar surface area (TPSA) is 67.9 Å². The molecule has 2 aromatic rings. The maximum atomic E-state index is 12.5. The van der Waals surface area contributed by atoms with Crippen LogP contribution in [0, 0.1) is 5.92 Å². The Morgan fingerprint density at radius 1 is 0.935 bits per heavy atom. The molecule has 4 rings (SSSR count). The van der Waals surface area contributed by atoms with Crippen LogP contribution >= 0.6 is 0 Å². The summed E-state index contributed by atoms with van der Waals surface area (Å²) >= 11 is 0. The van der Waals surface area contributed by atoms with Gasteiger partial charge in [0.2, 0.25) is 0 Å². The number of benzene rings is 2. The lowest BCUT2D eigenvalue weighted by Crippen LogP contribution is -2.49. The van der Waals surface area contributed by atoms with Crippen LogP contribution in [0.2, 0.25) is 0 Å². The van der Waals surface area contributed by atoms with Gasteiger partial charge in [-0.15, -0.1) is 0 Å². The molecular formula is C25H30N2O4. The average molecular weight is 423 g/mol. The van der Waals surface area contributed by atoms with Gasteiger partial charge in [0.05, 0.1) is 19.3 Å². The molecule has 1 amide bonds. The number of amides is 1. The van der Waals surface area contributed by atoms with Crippen molar-refractivity contribution in [2.75, 3.05) is 32.1 Å².